The highest BCUT2D eigenvalue weighted by Gasteiger charge is 2.31. The van der Waals surface area contributed by atoms with Gasteiger partial charge in [0.1, 0.15) is 17.6 Å². The van der Waals surface area contributed by atoms with Crippen molar-refractivity contribution in [2.45, 2.75) is 23.6 Å². The lowest BCUT2D eigenvalue weighted by atomic mass is 10.3. The largest absolute Gasteiger partial charge is 0.465 e. The monoisotopic (exact) mass is 365 g/mol. The summed E-state index contributed by atoms with van der Waals surface area (Å²) in [5.41, 5.74) is -0.175. The Morgan fingerprint density at radius 3 is 1.79 bits per heavy atom. The number of fused-ring (bicyclic) bond motifs is 1. The molecular weight excluding hydrogens is 354 g/mol. The predicted molar refractivity (Wildman–Crippen MR) is 85.4 cm³/mol. The second-order valence-electron chi connectivity index (χ2n) is 4.38. The second kappa shape index (κ2) is 7.42. The number of benzene rings is 1. The van der Waals surface area contributed by atoms with Crippen molar-refractivity contribution in [3.8, 4) is 17.6 Å². The minimum absolute atomic E-state index is 0.175. The summed E-state index contributed by atoms with van der Waals surface area (Å²) in [7, 11) is 1.17. The van der Waals surface area contributed by atoms with Crippen LogP contribution in [0, 0.1) is 11.3 Å². The highest BCUT2D eigenvalue weighted by atomic mass is 32.2. The summed E-state index contributed by atoms with van der Waals surface area (Å²) in [6.45, 7) is 2.51. The summed E-state index contributed by atoms with van der Waals surface area (Å²) in [6, 6.07) is 4.77. The molecule has 0 saturated heterocycles. The zero-order valence-electron chi connectivity index (χ0n) is 12.9. The second-order valence-corrected chi connectivity index (χ2v) is 6.68. The number of carbonyl (C=O) groups is 3. The number of ether oxygens (including phenoxy) is 3. The molecule has 0 fully saturated rings. The average molecular weight is 365 g/mol. The van der Waals surface area contributed by atoms with E-state index in [1.807, 2.05) is 0 Å². The van der Waals surface area contributed by atoms with Crippen LogP contribution in [0.3, 0.4) is 0 Å². The van der Waals surface area contributed by atoms with Gasteiger partial charge in [-0.3, -0.25) is 9.59 Å². The molecule has 24 heavy (non-hydrogen) atoms. The Balaban J connectivity index is 2.55. The van der Waals surface area contributed by atoms with Crippen LogP contribution in [0.4, 0.5) is 0 Å². The maximum atomic E-state index is 11.7. The number of nitrogens with zero attached hydrogens (tertiary/aromatic N) is 1. The zero-order valence-corrected chi connectivity index (χ0v) is 14.5. The van der Waals surface area contributed by atoms with E-state index in [2.05, 4.69) is 4.74 Å². The highest BCUT2D eigenvalue weighted by molar-refractivity contribution is 8.24. The molecule has 0 radical (unpaired) electrons. The Hall–Kier alpha value is -2.44. The van der Waals surface area contributed by atoms with Gasteiger partial charge in [0.2, 0.25) is 0 Å². The quantitative estimate of drug-likeness (QED) is 0.346. The third-order valence-electron chi connectivity index (χ3n) is 2.64. The Bertz CT molecular complexity index is 762. The van der Waals surface area contributed by atoms with E-state index < -0.39 is 17.9 Å². The molecule has 0 unspecified atom stereocenters. The van der Waals surface area contributed by atoms with Crippen LogP contribution in [-0.2, 0) is 19.1 Å². The Labute approximate surface area is 145 Å². The van der Waals surface area contributed by atoms with Crippen LogP contribution >= 0.6 is 23.5 Å². The minimum Gasteiger partial charge on any atom is -0.465 e. The molecule has 0 spiro atoms. The first-order valence-electron chi connectivity index (χ1n) is 6.49. The summed E-state index contributed by atoms with van der Waals surface area (Å²) < 4.78 is 15.2. The van der Waals surface area contributed by atoms with Crippen molar-refractivity contribution in [2.24, 2.45) is 0 Å². The van der Waals surface area contributed by atoms with E-state index in [9.17, 15) is 19.6 Å². The van der Waals surface area contributed by atoms with E-state index in [-0.39, 0.29) is 17.1 Å². The fourth-order valence-electron chi connectivity index (χ4n) is 1.78. The summed E-state index contributed by atoms with van der Waals surface area (Å²) in [6.07, 6.45) is 0. The van der Waals surface area contributed by atoms with Gasteiger partial charge in [-0.15, -0.1) is 0 Å². The van der Waals surface area contributed by atoms with Crippen LogP contribution in [0.15, 0.2) is 31.7 Å². The number of carbonyl (C=O) groups excluding carboxylic acids is 3. The van der Waals surface area contributed by atoms with Crippen LogP contribution in [-0.4, -0.2) is 25.0 Å². The van der Waals surface area contributed by atoms with Gasteiger partial charge in [-0.2, -0.15) is 5.26 Å². The first-order chi connectivity index (χ1) is 11.4. The van der Waals surface area contributed by atoms with Crippen LogP contribution in [0.5, 0.6) is 11.5 Å². The van der Waals surface area contributed by atoms with Crippen molar-refractivity contribution < 1.29 is 28.6 Å². The van der Waals surface area contributed by atoms with Crippen molar-refractivity contribution in [1.29, 1.82) is 5.26 Å². The average Bonchev–Trinajstić information content (AvgIpc) is 2.95. The molecule has 0 saturated carbocycles. The SMILES string of the molecule is COC(=O)C(C#N)=C1Sc2c(OC(C)=O)ccc(OC(C)=O)c2S1. The van der Waals surface area contributed by atoms with Gasteiger partial charge < -0.3 is 14.2 Å². The van der Waals surface area contributed by atoms with Crippen molar-refractivity contribution in [3.05, 3.63) is 21.9 Å². The maximum absolute atomic E-state index is 11.7. The number of hydrogen-bond donors (Lipinski definition) is 0. The Morgan fingerprint density at radius 1 is 1.00 bits per heavy atom. The summed E-state index contributed by atoms with van der Waals surface area (Å²) in [5.74, 6) is -1.31. The lowest BCUT2D eigenvalue weighted by Crippen LogP contribution is -2.05. The molecule has 2 rings (SSSR count). The number of hydrogen-bond acceptors (Lipinski definition) is 9. The molecule has 1 aliphatic heterocycles. The van der Waals surface area contributed by atoms with Gasteiger partial charge in [-0.05, 0) is 12.1 Å². The first kappa shape index (κ1) is 17.9. The molecule has 1 aromatic carbocycles. The molecule has 0 atom stereocenters. The van der Waals surface area contributed by atoms with E-state index >= 15 is 0 Å². The lowest BCUT2D eigenvalue weighted by Gasteiger charge is -2.09. The van der Waals surface area contributed by atoms with Gasteiger partial charge in [0.15, 0.2) is 5.57 Å². The van der Waals surface area contributed by atoms with Crippen molar-refractivity contribution >= 4 is 41.4 Å². The molecule has 9 heteroatoms. The summed E-state index contributed by atoms with van der Waals surface area (Å²) in [4.78, 5) is 35.2. The highest BCUT2D eigenvalue weighted by Crippen LogP contribution is 2.58. The standard InChI is InChI=1S/C15H11NO6S2/c1-7(17)21-10-4-5-11(22-8(2)18)13-12(10)23-15(24-13)9(6-16)14(19)20-3/h4-5H,1-3H3. The molecule has 0 bridgehead atoms. The van der Waals surface area contributed by atoms with Gasteiger partial charge in [-0.1, -0.05) is 23.5 Å². The van der Waals surface area contributed by atoms with Gasteiger partial charge in [0.05, 0.1) is 21.1 Å². The fraction of sp³-hybridized carbons (Fsp3) is 0.200. The molecular formula is C15H11NO6S2. The molecule has 1 heterocycles. The Morgan fingerprint density at radius 2 is 1.46 bits per heavy atom. The van der Waals surface area contributed by atoms with Gasteiger partial charge in [0, 0.05) is 13.8 Å². The predicted octanol–water partition coefficient (Wildman–Crippen LogP) is 2.64. The van der Waals surface area contributed by atoms with Gasteiger partial charge in [-0.25, -0.2) is 4.79 Å². The minimum atomic E-state index is -0.775. The molecule has 0 aromatic heterocycles. The van der Waals surface area contributed by atoms with E-state index in [0.717, 1.165) is 23.5 Å². The normalized spacial score (nSPS) is 12.0. The maximum Gasteiger partial charge on any atom is 0.350 e. The molecule has 0 aliphatic carbocycles. The fourth-order valence-corrected chi connectivity index (χ4v) is 4.33. The number of thioether (sulfide) groups is 2. The van der Waals surface area contributed by atoms with Crippen molar-refractivity contribution in [2.75, 3.05) is 7.11 Å². The number of methoxy groups -OCH3 is 1. The molecule has 1 aromatic rings. The van der Waals surface area contributed by atoms with E-state index in [4.69, 9.17) is 9.47 Å². The molecule has 0 amide bonds. The number of rotatable bonds is 3. The number of esters is 3. The van der Waals surface area contributed by atoms with Crippen LogP contribution in [0.25, 0.3) is 0 Å². The van der Waals surface area contributed by atoms with Gasteiger partial charge in [0.25, 0.3) is 0 Å². The van der Waals surface area contributed by atoms with Crippen molar-refractivity contribution in [1.82, 2.24) is 0 Å². The zero-order chi connectivity index (χ0) is 17.9. The topological polar surface area (TPSA) is 103 Å². The summed E-state index contributed by atoms with van der Waals surface area (Å²) in [5, 5.41) is 9.19. The van der Waals surface area contributed by atoms with E-state index in [0.29, 0.717) is 14.0 Å². The smallest absolute Gasteiger partial charge is 0.350 e. The molecule has 0 N–H and O–H groups in total. The molecule has 1 aliphatic rings. The number of nitriles is 1. The van der Waals surface area contributed by atoms with Crippen LogP contribution in [0.1, 0.15) is 13.8 Å². The summed E-state index contributed by atoms with van der Waals surface area (Å²) >= 11 is 2.15. The lowest BCUT2D eigenvalue weighted by molar-refractivity contribution is -0.135. The molecule has 7 nitrogen and oxygen atoms in total. The van der Waals surface area contributed by atoms with E-state index in [1.54, 1.807) is 6.07 Å². The van der Waals surface area contributed by atoms with Crippen LogP contribution < -0.4 is 9.47 Å². The third-order valence-corrected chi connectivity index (χ3v) is 5.27. The van der Waals surface area contributed by atoms with E-state index in [1.165, 1.54) is 33.1 Å². The first-order valence-corrected chi connectivity index (χ1v) is 8.13. The van der Waals surface area contributed by atoms with Crippen molar-refractivity contribution in [3.63, 3.8) is 0 Å². The Kier molecular flexibility index (Phi) is 5.54. The van der Waals surface area contributed by atoms with Gasteiger partial charge >= 0.3 is 17.9 Å². The van der Waals surface area contributed by atoms with Crippen LogP contribution in [0.2, 0.25) is 0 Å². The third kappa shape index (κ3) is 3.72. The molecule has 124 valence electrons.